The number of benzene rings is 2. The molecule has 0 heterocycles. The SMILES string of the molecule is COc1ccc(OCc2ccccc2)c(B(O)O)c1F. The van der Waals surface area contributed by atoms with Crippen molar-refractivity contribution >= 4 is 12.6 Å². The second-order valence-electron chi connectivity index (χ2n) is 4.14. The van der Waals surface area contributed by atoms with Crippen molar-refractivity contribution in [3.8, 4) is 11.5 Å². The fourth-order valence-corrected chi connectivity index (χ4v) is 1.81. The van der Waals surface area contributed by atoms with E-state index in [0.29, 0.717) is 0 Å². The summed E-state index contributed by atoms with van der Waals surface area (Å²) in [6, 6.07) is 12.1. The zero-order chi connectivity index (χ0) is 14.5. The van der Waals surface area contributed by atoms with Crippen LogP contribution in [0.15, 0.2) is 42.5 Å². The topological polar surface area (TPSA) is 58.9 Å². The molecule has 0 aliphatic carbocycles. The van der Waals surface area contributed by atoms with Crippen molar-refractivity contribution in [2.75, 3.05) is 7.11 Å². The van der Waals surface area contributed by atoms with Crippen LogP contribution >= 0.6 is 0 Å². The van der Waals surface area contributed by atoms with Gasteiger partial charge in [0.1, 0.15) is 12.4 Å². The Hall–Kier alpha value is -2.05. The Balaban J connectivity index is 2.25. The van der Waals surface area contributed by atoms with Crippen molar-refractivity contribution in [2.24, 2.45) is 0 Å². The third-order valence-corrected chi connectivity index (χ3v) is 2.82. The lowest BCUT2D eigenvalue weighted by Gasteiger charge is -2.14. The van der Waals surface area contributed by atoms with Crippen molar-refractivity contribution in [1.82, 2.24) is 0 Å². The minimum absolute atomic E-state index is 0.0693. The number of halogens is 1. The molecule has 0 saturated heterocycles. The highest BCUT2D eigenvalue weighted by atomic mass is 19.1. The van der Waals surface area contributed by atoms with Crippen molar-refractivity contribution in [2.45, 2.75) is 6.61 Å². The van der Waals surface area contributed by atoms with E-state index in [9.17, 15) is 14.4 Å². The number of methoxy groups -OCH3 is 1. The van der Waals surface area contributed by atoms with Crippen LogP contribution in [0, 0.1) is 5.82 Å². The predicted molar refractivity (Wildman–Crippen MR) is 73.6 cm³/mol. The summed E-state index contributed by atoms with van der Waals surface area (Å²) >= 11 is 0. The minimum atomic E-state index is -1.98. The molecule has 6 heteroatoms. The number of rotatable bonds is 5. The number of hydrogen-bond donors (Lipinski definition) is 2. The fraction of sp³-hybridized carbons (Fsp3) is 0.143. The van der Waals surface area contributed by atoms with Gasteiger partial charge in [-0.05, 0) is 17.7 Å². The van der Waals surface area contributed by atoms with E-state index in [1.54, 1.807) is 0 Å². The molecule has 4 nitrogen and oxygen atoms in total. The van der Waals surface area contributed by atoms with Crippen molar-refractivity contribution in [3.05, 3.63) is 53.8 Å². The molecular weight excluding hydrogens is 262 g/mol. The van der Waals surface area contributed by atoms with Gasteiger partial charge in [0.2, 0.25) is 0 Å². The van der Waals surface area contributed by atoms with Gasteiger partial charge in [0, 0.05) is 0 Å². The molecule has 0 aromatic heterocycles. The Kier molecular flexibility index (Phi) is 4.60. The van der Waals surface area contributed by atoms with E-state index in [1.807, 2.05) is 30.3 Å². The molecule has 2 rings (SSSR count). The van der Waals surface area contributed by atoms with E-state index in [2.05, 4.69) is 0 Å². The molecule has 104 valence electrons. The van der Waals surface area contributed by atoms with Crippen LogP contribution < -0.4 is 14.9 Å². The average Bonchev–Trinajstić information content (AvgIpc) is 2.45. The van der Waals surface area contributed by atoms with Gasteiger partial charge in [-0.15, -0.1) is 0 Å². The van der Waals surface area contributed by atoms with E-state index in [0.717, 1.165) is 5.56 Å². The molecule has 0 radical (unpaired) electrons. The summed E-state index contributed by atoms with van der Waals surface area (Å²) in [5.41, 5.74) is 0.558. The Labute approximate surface area is 116 Å². The number of ether oxygens (including phenoxy) is 2. The Morgan fingerprint density at radius 3 is 2.30 bits per heavy atom. The lowest BCUT2D eigenvalue weighted by atomic mass is 9.79. The predicted octanol–water partition coefficient (Wildman–Crippen LogP) is 1.09. The van der Waals surface area contributed by atoms with Gasteiger partial charge >= 0.3 is 7.12 Å². The summed E-state index contributed by atoms with van der Waals surface area (Å²) in [5.74, 6) is -0.838. The lowest BCUT2D eigenvalue weighted by molar-refractivity contribution is 0.303. The largest absolute Gasteiger partial charge is 0.495 e. The maximum atomic E-state index is 14.0. The molecule has 2 aromatic rings. The molecule has 0 atom stereocenters. The molecule has 0 saturated carbocycles. The maximum absolute atomic E-state index is 14.0. The normalized spacial score (nSPS) is 10.2. The van der Waals surface area contributed by atoms with Gasteiger partial charge in [0.25, 0.3) is 0 Å². The van der Waals surface area contributed by atoms with E-state index < -0.39 is 12.9 Å². The first-order chi connectivity index (χ1) is 9.63. The Bertz CT molecular complexity index is 575. The minimum Gasteiger partial charge on any atom is -0.494 e. The molecule has 0 spiro atoms. The first kappa shape index (κ1) is 14.4. The van der Waals surface area contributed by atoms with Crippen LogP contribution in [-0.2, 0) is 6.61 Å². The van der Waals surface area contributed by atoms with Gasteiger partial charge in [-0.3, -0.25) is 0 Å². The van der Waals surface area contributed by atoms with Crippen LogP contribution in [0.3, 0.4) is 0 Å². The average molecular weight is 276 g/mol. The second-order valence-corrected chi connectivity index (χ2v) is 4.14. The third-order valence-electron chi connectivity index (χ3n) is 2.82. The summed E-state index contributed by atoms with van der Waals surface area (Å²) in [6.45, 7) is 0.201. The molecular formula is C14H14BFO4. The third kappa shape index (κ3) is 3.09. The van der Waals surface area contributed by atoms with Gasteiger partial charge < -0.3 is 19.5 Å². The van der Waals surface area contributed by atoms with Gasteiger partial charge in [0.15, 0.2) is 11.6 Å². The van der Waals surface area contributed by atoms with Crippen LogP contribution in [-0.4, -0.2) is 24.3 Å². The van der Waals surface area contributed by atoms with Gasteiger partial charge in [-0.2, -0.15) is 0 Å². The van der Waals surface area contributed by atoms with Gasteiger partial charge in [-0.25, -0.2) is 4.39 Å². The quantitative estimate of drug-likeness (QED) is 0.803. The first-order valence-electron chi connectivity index (χ1n) is 6.02. The van der Waals surface area contributed by atoms with Crippen molar-refractivity contribution in [3.63, 3.8) is 0 Å². The summed E-state index contributed by atoms with van der Waals surface area (Å²) < 4.78 is 24.2. The lowest BCUT2D eigenvalue weighted by Crippen LogP contribution is -2.34. The standard InChI is InChI=1S/C14H14BFO4/c1-19-12-8-7-11(13(14(12)16)15(17)18)20-9-10-5-3-2-4-6-10/h2-8,17-18H,9H2,1H3. The molecule has 0 unspecified atom stereocenters. The van der Waals surface area contributed by atoms with E-state index in [1.165, 1.54) is 19.2 Å². The monoisotopic (exact) mass is 276 g/mol. The molecule has 20 heavy (non-hydrogen) atoms. The molecule has 2 N–H and O–H groups in total. The Morgan fingerprint density at radius 1 is 1.05 bits per heavy atom. The van der Waals surface area contributed by atoms with E-state index in [4.69, 9.17) is 9.47 Å². The highest BCUT2D eigenvalue weighted by Crippen LogP contribution is 2.21. The molecule has 0 bridgehead atoms. The highest BCUT2D eigenvalue weighted by molar-refractivity contribution is 6.60. The van der Waals surface area contributed by atoms with Gasteiger partial charge in [0.05, 0.1) is 12.6 Å². The van der Waals surface area contributed by atoms with Crippen LogP contribution in [0.4, 0.5) is 4.39 Å². The molecule has 0 aliphatic heterocycles. The summed E-state index contributed by atoms with van der Waals surface area (Å²) in [4.78, 5) is 0. The van der Waals surface area contributed by atoms with Crippen molar-refractivity contribution in [1.29, 1.82) is 0 Å². The van der Waals surface area contributed by atoms with E-state index in [-0.39, 0.29) is 23.6 Å². The highest BCUT2D eigenvalue weighted by Gasteiger charge is 2.25. The first-order valence-corrected chi connectivity index (χ1v) is 6.02. The molecule has 0 amide bonds. The van der Waals surface area contributed by atoms with Crippen LogP contribution in [0.25, 0.3) is 0 Å². The van der Waals surface area contributed by atoms with Crippen LogP contribution in [0.1, 0.15) is 5.56 Å². The summed E-state index contributed by atoms with van der Waals surface area (Å²) in [6.07, 6.45) is 0. The zero-order valence-corrected chi connectivity index (χ0v) is 10.9. The van der Waals surface area contributed by atoms with Crippen LogP contribution in [0.2, 0.25) is 0 Å². The number of hydrogen-bond acceptors (Lipinski definition) is 4. The summed E-state index contributed by atoms with van der Waals surface area (Å²) in [5, 5.41) is 18.6. The zero-order valence-electron chi connectivity index (χ0n) is 10.9. The van der Waals surface area contributed by atoms with Crippen molar-refractivity contribution < 1.29 is 23.9 Å². The second kappa shape index (κ2) is 6.41. The molecule has 0 aliphatic rings. The molecule has 0 fully saturated rings. The van der Waals surface area contributed by atoms with E-state index >= 15 is 0 Å². The smallest absolute Gasteiger partial charge is 0.494 e. The Morgan fingerprint density at radius 2 is 1.70 bits per heavy atom. The molecule has 2 aromatic carbocycles. The summed E-state index contributed by atoms with van der Waals surface area (Å²) in [7, 11) is -0.674. The maximum Gasteiger partial charge on any atom is 0.495 e. The van der Waals surface area contributed by atoms with Gasteiger partial charge in [-0.1, -0.05) is 30.3 Å². The fourth-order valence-electron chi connectivity index (χ4n) is 1.81. The van der Waals surface area contributed by atoms with Crippen LogP contribution in [0.5, 0.6) is 11.5 Å².